The number of pyridine rings is 1. The van der Waals surface area contributed by atoms with E-state index in [-0.39, 0.29) is 12.0 Å². The molecule has 196 valence electrons. The van der Waals surface area contributed by atoms with Crippen LogP contribution in [0.4, 0.5) is 16.2 Å². The maximum absolute atomic E-state index is 13.4. The molecule has 38 heavy (non-hydrogen) atoms. The largest absolute Gasteiger partial charge is 0.444 e. The second-order valence-electron chi connectivity index (χ2n) is 10.5. The maximum atomic E-state index is 13.4. The number of aryl methyl sites for hydroxylation is 2. The first kappa shape index (κ1) is 25.1. The lowest BCUT2D eigenvalue weighted by Gasteiger charge is -2.37. The summed E-state index contributed by atoms with van der Waals surface area (Å²) in [5.41, 5.74) is 3.56. The molecule has 0 bridgehead atoms. The van der Waals surface area contributed by atoms with Crippen molar-refractivity contribution in [3.63, 3.8) is 0 Å². The lowest BCUT2D eigenvalue weighted by Crippen LogP contribution is -2.50. The topological polar surface area (TPSA) is 121 Å². The summed E-state index contributed by atoms with van der Waals surface area (Å²) in [5, 5.41) is 17.9. The Morgan fingerprint density at radius 2 is 1.84 bits per heavy atom. The van der Waals surface area contributed by atoms with Gasteiger partial charge in [0.15, 0.2) is 0 Å². The Balaban J connectivity index is 1.39. The van der Waals surface area contributed by atoms with Crippen LogP contribution in [-0.2, 0) is 11.8 Å². The molecule has 1 saturated heterocycles. The fourth-order valence-corrected chi connectivity index (χ4v) is 4.66. The zero-order valence-corrected chi connectivity index (χ0v) is 22.1. The third-order valence-corrected chi connectivity index (χ3v) is 6.37. The van der Waals surface area contributed by atoms with E-state index in [1.54, 1.807) is 32.3 Å². The molecule has 1 N–H and O–H groups in total. The van der Waals surface area contributed by atoms with E-state index in [1.807, 2.05) is 53.2 Å². The number of carbonyl (C=O) groups excluding carboxylic acids is 2. The van der Waals surface area contributed by atoms with Gasteiger partial charge >= 0.3 is 6.09 Å². The van der Waals surface area contributed by atoms with Gasteiger partial charge in [-0.2, -0.15) is 10.4 Å². The molecule has 0 unspecified atom stereocenters. The quantitative estimate of drug-likeness (QED) is 0.442. The van der Waals surface area contributed by atoms with Crippen molar-refractivity contribution in [2.75, 3.05) is 36.4 Å². The lowest BCUT2D eigenvalue weighted by molar-refractivity contribution is 0.0240. The molecule has 2 amide bonds. The molecular weight excluding hydrogens is 484 g/mol. The van der Waals surface area contributed by atoms with Gasteiger partial charge in [0.1, 0.15) is 22.8 Å². The Bertz CT molecular complexity index is 1600. The van der Waals surface area contributed by atoms with Crippen molar-refractivity contribution in [1.82, 2.24) is 24.1 Å². The number of nitrogens with zero attached hydrogens (tertiary/aromatic N) is 7. The molecule has 0 atom stereocenters. The minimum Gasteiger partial charge on any atom is -0.444 e. The SMILES string of the molecule is Cc1cn2cc(NC(=O)c3ccc(N4CCN(C(=O)OC(C)(C)C)CC4)c4cn(C)nc34)c(C#N)cc2n1. The number of fused-ring (bicyclic) bond motifs is 2. The molecule has 5 rings (SSSR count). The highest BCUT2D eigenvalue weighted by molar-refractivity contribution is 6.14. The molecule has 1 aromatic carbocycles. The molecule has 1 aliphatic rings. The van der Waals surface area contributed by atoms with Crippen LogP contribution in [0, 0.1) is 18.3 Å². The third-order valence-electron chi connectivity index (χ3n) is 6.37. The monoisotopic (exact) mass is 514 g/mol. The molecule has 0 saturated carbocycles. The van der Waals surface area contributed by atoms with Crippen molar-refractivity contribution in [3.8, 4) is 6.07 Å². The summed E-state index contributed by atoms with van der Waals surface area (Å²) in [6.07, 6.45) is 5.11. The number of ether oxygens (including phenoxy) is 1. The summed E-state index contributed by atoms with van der Waals surface area (Å²) < 4.78 is 8.97. The molecule has 4 aromatic rings. The van der Waals surface area contributed by atoms with Gasteiger partial charge in [0.2, 0.25) is 0 Å². The zero-order chi connectivity index (χ0) is 27.2. The molecule has 1 fully saturated rings. The van der Waals surface area contributed by atoms with E-state index < -0.39 is 5.60 Å². The van der Waals surface area contributed by atoms with Crippen molar-refractivity contribution in [3.05, 3.63) is 53.6 Å². The number of hydrogen-bond acceptors (Lipinski definition) is 7. The van der Waals surface area contributed by atoms with Gasteiger partial charge in [-0.3, -0.25) is 9.48 Å². The van der Waals surface area contributed by atoms with Gasteiger partial charge in [-0.15, -0.1) is 0 Å². The molecule has 4 heterocycles. The van der Waals surface area contributed by atoms with E-state index in [9.17, 15) is 14.9 Å². The minimum atomic E-state index is -0.538. The second kappa shape index (κ2) is 9.37. The first-order valence-electron chi connectivity index (χ1n) is 12.4. The van der Waals surface area contributed by atoms with Crippen LogP contribution in [0.15, 0.2) is 36.8 Å². The Morgan fingerprint density at radius 3 is 2.53 bits per heavy atom. The second-order valence-corrected chi connectivity index (χ2v) is 10.5. The van der Waals surface area contributed by atoms with E-state index in [1.165, 1.54) is 0 Å². The zero-order valence-electron chi connectivity index (χ0n) is 22.1. The predicted molar refractivity (Wildman–Crippen MR) is 143 cm³/mol. The van der Waals surface area contributed by atoms with Crippen LogP contribution in [0.1, 0.15) is 42.4 Å². The van der Waals surface area contributed by atoms with Crippen molar-refractivity contribution < 1.29 is 14.3 Å². The average molecular weight is 515 g/mol. The first-order valence-corrected chi connectivity index (χ1v) is 12.4. The molecule has 11 nitrogen and oxygen atoms in total. The predicted octanol–water partition coefficient (Wildman–Crippen LogP) is 3.71. The standard InChI is InChI=1S/C27H30N8O3/c1-17-14-35-16-21(18(13-28)12-23(35)29-17)30-25(36)19-6-7-22(20-15-32(5)31-24(19)20)33-8-10-34(11-9-33)26(37)38-27(2,3)4/h6-7,12,14-16H,8-11H2,1-5H3,(H,30,36). The fourth-order valence-electron chi connectivity index (χ4n) is 4.66. The van der Waals surface area contributed by atoms with Crippen LogP contribution < -0.4 is 10.2 Å². The number of nitrogens with one attached hydrogen (secondary N) is 1. The number of nitriles is 1. The van der Waals surface area contributed by atoms with Gasteiger partial charge in [-0.1, -0.05) is 0 Å². The number of rotatable bonds is 3. The highest BCUT2D eigenvalue weighted by Gasteiger charge is 2.27. The molecule has 1 aliphatic heterocycles. The number of benzene rings is 1. The Morgan fingerprint density at radius 1 is 1.11 bits per heavy atom. The number of piperazine rings is 1. The van der Waals surface area contributed by atoms with Gasteiger partial charge in [-0.05, 0) is 39.8 Å². The van der Waals surface area contributed by atoms with Gasteiger partial charge in [0, 0.05) is 69.0 Å². The van der Waals surface area contributed by atoms with Gasteiger partial charge in [-0.25, -0.2) is 9.78 Å². The summed E-state index contributed by atoms with van der Waals surface area (Å²) >= 11 is 0. The van der Waals surface area contributed by atoms with Gasteiger partial charge < -0.3 is 24.3 Å². The summed E-state index contributed by atoms with van der Waals surface area (Å²) in [6, 6.07) is 7.46. The molecule has 0 aliphatic carbocycles. The summed E-state index contributed by atoms with van der Waals surface area (Å²) in [4.78, 5) is 34.2. The van der Waals surface area contributed by atoms with Gasteiger partial charge in [0.25, 0.3) is 5.91 Å². The molecular formula is C27H30N8O3. The lowest BCUT2D eigenvalue weighted by atomic mass is 10.1. The number of anilines is 2. The van der Waals surface area contributed by atoms with Crippen molar-refractivity contribution in [1.29, 1.82) is 5.26 Å². The van der Waals surface area contributed by atoms with Crippen LogP contribution in [0.2, 0.25) is 0 Å². The van der Waals surface area contributed by atoms with E-state index >= 15 is 0 Å². The number of hydrogen-bond donors (Lipinski definition) is 1. The molecule has 0 radical (unpaired) electrons. The van der Waals surface area contributed by atoms with Crippen molar-refractivity contribution in [2.45, 2.75) is 33.3 Å². The van der Waals surface area contributed by atoms with Crippen LogP contribution in [-0.4, -0.2) is 67.8 Å². The van der Waals surface area contributed by atoms with Gasteiger partial charge in [0.05, 0.1) is 22.5 Å². The van der Waals surface area contributed by atoms with Crippen molar-refractivity contribution >= 4 is 39.9 Å². The highest BCUT2D eigenvalue weighted by Crippen LogP contribution is 2.31. The molecule has 0 spiro atoms. The third kappa shape index (κ3) is 4.85. The highest BCUT2D eigenvalue weighted by atomic mass is 16.6. The minimum absolute atomic E-state index is 0.309. The number of imidazole rings is 1. The smallest absolute Gasteiger partial charge is 0.410 e. The Hall–Kier alpha value is -4.59. The Labute approximate surface area is 220 Å². The van der Waals surface area contributed by atoms with E-state index in [2.05, 4.69) is 26.4 Å². The normalized spacial score (nSPS) is 14.1. The fraction of sp³-hybridized carbons (Fsp3) is 0.370. The van der Waals surface area contributed by atoms with Crippen LogP contribution in [0.3, 0.4) is 0 Å². The van der Waals surface area contributed by atoms with E-state index in [0.717, 1.165) is 16.8 Å². The summed E-state index contributed by atoms with van der Waals surface area (Å²) in [7, 11) is 1.81. The summed E-state index contributed by atoms with van der Waals surface area (Å²) in [6.45, 7) is 9.77. The van der Waals surface area contributed by atoms with Crippen LogP contribution in [0.25, 0.3) is 16.6 Å². The van der Waals surface area contributed by atoms with Crippen molar-refractivity contribution in [2.24, 2.45) is 7.05 Å². The number of carbonyl (C=O) groups is 2. The number of amides is 2. The van der Waals surface area contributed by atoms with Crippen LogP contribution >= 0.6 is 0 Å². The van der Waals surface area contributed by atoms with E-state index in [0.29, 0.717) is 54.2 Å². The van der Waals surface area contributed by atoms with E-state index in [4.69, 9.17) is 4.74 Å². The summed E-state index contributed by atoms with van der Waals surface area (Å²) in [5.74, 6) is -0.359. The number of aromatic nitrogens is 4. The average Bonchev–Trinajstić information content (AvgIpc) is 3.42. The Kier molecular flexibility index (Phi) is 6.18. The van der Waals surface area contributed by atoms with Crippen LogP contribution in [0.5, 0.6) is 0 Å². The maximum Gasteiger partial charge on any atom is 0.410 e. The molecule has 3 aromatic heterocycles. The first-order chi connectivity index (χ1) is 18.0. The molecule has 11 heteroatoms.